The van der Waals surface area contributed by atoms with Crippen LogP contribution in [0.15, 0.2) is 0 Å². The maximum atomic E-state index is 12.2. The Hall–Kier alpha value is -1.27. The minimum absolute atomic E-state index is 0.00115. The summed E-state index contributed by atoms with van der Waals surface area (Å²) < 4.78 is 0. The predicted molar refractivity (Wildman–Crippen MR) is 87.0 cm³/mol. The zero-order valence-corrected chi connectivity index (χ0v) is 13.8. The Labute approximate surface area is 140 Å². The van der Waals surface area contributed by atoms with Crippen LogP contribution >= 0.6 is 11.6 Å². The van der Waals surface area contributed by atoms with Crippen LogP contribution < -0.4 is 11.1 Å². The Kier molecular flexibility index (Phi) is 3.57. The second-order valence-corrected chi connectivity index (χ2v) is 8.18. The molecule has 6 nitrogen and oxygen atoms in total. The van der Waals surface area contributed by atoms with Gasteiger partial charge in [0.05, 0.1) is 6.10 Å². The lowest BCUT2D eigenvalue weighted by Gasteiger charge is -2.58. The van der Waals surface area contributed by atoms with E-state index >= 15 is 0 Å². The number of nitrogens with two attached hydrogens (primary N) is 1. The highest BCUT2D eigenvalue weighted by Gasteiger charge is 2.53. The first-order valence-corrected chi connectivity index (χ1v) is 8.80. The van der Waals surface area contributed by atoms with Crippen LogP contribution in [0.5, 0.6) is 0 Å². The molecule has 1 aromatic rings. The molecule has 4 bridgehead atoms. The summed E-state index contributed by atoms with van der Waals surface area (Å²) in [5.74, 6) is 2.05. The number of hydrogen-bond acceptors (Lipinski definition) is 4. The number of halogens is 1. The topological polar surface area (TPSA) is 104 Å². The fourth-order valence-electron chi connectivity index (χ4n) is 5.57. The summed E-state index contributed by atoms with van der Waals surface area (Å²) in [5, 5.41) is 19.9. The van der Waals surface area contributed by atoms with E-state index in [-0.39, 0.29) is 34.4 Å². The molecular weight excluding hydrogens is 316 g/mol. The minimum Gasteiger partial charge on any atom is -0.391 e. The molecule has 0 aliphatic heterocycles. The number of anilines is 1. The zero-order valence-electron chi connectivity index (χ0n) is 13.0. The summed E-state index contributed by atoms with van der Waals surface area (Å²) in [6.07, 6.45) is 6.82. The molecule has 4 fully saturated rings. The number of H-pyrrole nitrogens is 1. The number of amides is 1. The molecule has 1 heterocycles. The van der Waals surface area contributed by atoms with Crippen molar-refractivity contribution in [1.29, 1.82) is 0 Å². The van der Waals surface area contributed by atoms with Gasteiger partial charge in [0.2, 0.25) is 0 Å². The number of rotatable bonds is 4. The summed E-state index contributed by atoms with van der Waals surface area (Å²) in [6, 6.07) is 0. The molecule has 0 aromatic carbocycles. The van der Waals surface area contributed by atoms with Crippen molar-refractivity contribution in [2.75, 3.05) is 12.3 Å². The van der Waals surface area contributed by atoms with Gasteiger partial charge in [-0.25, -0.2) is 0 Å². The van der Waals surface area contributed by atoms with Crippen molar-refractivity contribution in [2.45, 2.75) is 44.6 Å². The summed E-state index contributed by atoms with van der Waals surface area (Å²) in [6.45, 7) is 0.250. The monoisotopic (exact) mass is 338 g/mol. The molecule has 0 spiro atoms. The largest absolute Gasteiger partial charge is 0.391 e. The second-order valence-electron chi connectivity index (χ2n) is 7.80. The van der Waals surface area contributed by atoms with Gasteiger partial charge in [-0.1, -0.05) is 11.6 Å². The lowest BCUT2D eigenvalue weighted by Crippen LogP contribution is -2.54. The van der Waals surface area contributed by atoms with E-state index in [9.17, 15) is 9.90 Å². The Morgan fingerprint density at radius 1 is 1.35 bits per heavy atom. The van der Waals surface area contributed by atoms with Crippen LogP contribution in [-0.4, -0.2) is 33.9 Å². The normalized spacial score (nSPS) is 36.2. The Balaban J connectivity index is 1.41. The van der Waals surface area contributed by atoms with E-state index in [2.05, 4.69) is 15.5 Å². The van der Waals surface area contributed by atoms with Crippen molar-refractivity contribution in [3.8, 4) is 0 Å². The highest BCUT2D eigenvalue weighted by Crippen LogP contribution is 2.61. The molecule has 0 saturated heterocycles. The van der Waals surface area contributed by atoms with Crippen LogP contribution in [0.3, 0.4) is 0 Å². The molecule has 1 amide bonds. The van der Waals surface area contributed by atoms with Gasteiger partial charge in [-0.2, -0.15) is 5.10 Å². The van der Waals surface area contributed by atoms with Crippen LogP contribution in [-0.2, 0) is 0 Å². The van der Waals surface area contributed by atoms with Crippen LogP contribution in [0.25, 0.3) is 0 Å². The maximum absolute atomic E-state index is 12.2. The first-order valence-electron chi connectivity index (χ1n) is 8.42. The highest BCUT2D eigenvalue weighted by atomic mass is 35.5. The van der Waals surface area contributed by atoms with E-state index in [1.807, 2.05) is 0 Å². The standard InChI is InChI=1S/C16H23ClN4O2/c17-12-13(20-21-14(12)18)15(23)19-7-11(22)16-4-8-1-9(5-16)3-10(2-8)6-16/h8-11,22H,1-7H2,(H,19,23)(H3,18,20,21)/t8?,9?,10?,11-,16?/m1/s1. The van der Waals surface area contributed by atoms with Gasteiger partial charge < -0.3 is 16.2 Å². The number of aromatic amines is 1. The molecule has 4 aliphatic carbocycles. The average molecular weight is 339 g/mol. The second kappa shape index (κ2) is 5.38. The first-order chi connectivity index (χ1) is 11.0. The molecule has 5 rings (SSSR count). The molecule has 0 unspecified atom stereocenters. The molecule has 1 aromatic heterocycles. The number of nitrogen functional groups attached to an aromatic ring is 1. The molecule has 0 radical (unpaired) electrons. The fourth-order valence-corrected chi connectivity index (χ4v) is 5.74. The van der Waals surface area contributed by atoms with Gasteiger partial charge >= 0.3 is 0 Å². The van der Waals surface area contributed by atoms with Crippen LogP contribution in [0.2, 0.25) is 5.02 Å². The first kappa shape index (κ1) is 15.3. The van der Waals surface area contributed by atoms with Gasteiger partial charge in [-0.15, -0.1) is 0 Å². The van der Waals surface area contributed by atoms with Crippen molar-refractivity contribution in [3.05, 3.63) is 10.7 Å². The number of aliphatic hydroxyl groups is 1. The number of aliphatic hydroxyl groups excluding tert-OH is 1. The van der Waals surface area contributed by atoms with E-state index < -0.39 is 6.10 Å². The van der Waals surface area contributed by atoms with Gasteiger partial charge in [0.25, 0.3) is 5.91 Å². The summed E-state index contributed by atoms with van der Waals surface area (Å²) in [5.41, 5.74) is 5.69. The van der Waals surface area contributed by atoms with Gasteiger partial charge in [0.1, 0.15) is 10.7 Å². The zero-order chi connectivity index (χ0) is 16.2. The number of nitrogens with zero attached hydrogens (tertiary/aromatic N) is 1. The molecule has 7 heteroatoms. The number of aromatic nitrogens is 2. The number of nitrogens with one attached hydrogen (secondary N) is 2. The summed E-state index contributed by atoms with van der Waals surface area (Å²) in [7, 11) is 0. The molecular formula is C16H23ClN4O2. The SMILES string of the molecule is Nc1n[nH]c(C(=O)NC[C@@H](O)C23CC4CC(CC(C4)C2)C3)c1Cl. The van der Waals surface area contributed by atoms with Crippen molar-refractivity contribution in [1.82, 2.24) is 15.5 Å². The summed E-state index contributed by atoms with van der Waals surface area (Å²) in [4.78, 5) is 12.2. The number of carbonyl (C=O) groups is 1. The average Bonchev–Trinajstić information content (AvgIpc) is 2.83. The Morgan fingerprint density at radius 3 is 2.39 bits per heavy atom. The third-order valence-electron chi connectivity index (χ3n) is 6.21. The maximum Gasteiger partial charge on any atom is 0.271 e. The third-order valence-corrected chi connectivity index (χ3v) is 6.59. The molecule has 4 aliphatic rings. The van der Waals surface area contributed by atoms with E-state index in [4.69, 9.17) is 17.3 Å². The van der Waals surface area contributed by atoms with Gasteiger partial charge in [-0.3, -0.25) is 9.89 Å². The molecule has 4 saturated carbocycles. The van der Waals surface area contributed by atoms with E-state index in [0.29, 0.717) is 0 Å². The van der Waals surface area contributed by atoms with Crippen molar-refractivity contribution in [3.63, 3.8) is 0 Å². The molecule has 5 N–H and O–H groups in total. The highest BCUT2D eigenvalue weighted by molar-refractivity contribution is 6.35. The van der Waals surface area contributed by atoms with E-state index in [1.54, 1.807) is 0 Å². The van der Waals surface area contributed by atoms with Gasteiger partial charge in [0.15, 0.2) is 5.82 Å². The third kappa shape index (κ3) is 2.52. The van der Waals surface area contributed by atoms with E-state index in [0.717, 1.165) is 37.0 Å². The molecule has 23 heavy (non-hydrogen) atoms. The van der Waals surface area contributed by atoms with Crippen LogP contribution in [0.4, 0.5) is 5.82 Å². The predicted octanol–water partition coefficient (Wildman–Crippen LogP) is 1.95. The van der Waals surface area contributed by atoms with E-state index in [1.165, 1.54) is 19.3 Å². The summed E-state index contributed by atoms with van der Waals surface area (Å²) >= 11 is 5.93. The number of carbonyl (C=O) groups excluding carboxylic acids is 1. The van der Waals surface area contributed by atoms with Crippen molar-refractivity contribution >= 4 is 23.3 Å². The van der Waals surface area contributed by atoms with Crippen molar-refractivity contribution < 1.29 is 9.90 Å². The molecule has 126 valence electrons. The quantitative estimate of drug-likeness (QED) is 0.673. The Morgan fingerprint density at radius 2 is 1.91 bits per heavy atom. The lowest BCUT2D eigenvalue weighted by molar-refractivity contribution is -0.118. The lowest BCUT2D eigenvalue weighted by atomic mass is 9.48. The fraction of sp³-hybridized carbons (Fsp3) is 0.750. The van der Waals surface area contributed by atoms with Crippen LogP contribution in [0, 0.1) is 23.2 Å². The van der Waals surface area contributed by atoms with Gasteiger partial charge in [0, 0.05) is 6.54 Å². The van der Waals surface area contributed by atoms with Crippen molar-refractivity contribution in [2.24, 2.45) is 23.2 Å². The van der Waals surface area contributed by atoms with Gasteiger partial charge in [-0.05, 0) is 61.7 Å². The van der Waals surface area contributed by atoms with Crippen LogP contribution in [0.1, 0.15) is 49.0 Å². The smallest absolute Gasteiger partial charge is 0.271 e. The number of hydrogen-bond donors (Lipinski definition) is 4. The minimum atomic E-state index is -0.501. The Bertz CT molecular complexity index is 594. The molecule has 1 atom stereocenters.